The summed E-state index contributed by atoms with van der Waals surface area (Å²) in [4.78, 5) is 1.06. The first-order valence-electron chi connectivity index (χ1n) is 3.53. The summed E-state index contributed by atoms with van der Waals surface area (Å²) in [6.07, 6.45) is 0.365. The molecule has 0 saturated carbocycles. The zero-order valence-electron chi connectivity index (χ0n) is 6.34. The molecule has 0 spiro atoms. The second kappa shape index (κ2) is 2.99. The van der Waals surface area contributed by atoms with Crippen LogP contribution in [-0.4, -0.2) is 0 Å². The molecule has 0 nitrogen and oxygen atoms in total. The van der Waals surface area contributed by atoms with Crippen molar-refractivity contribution in [3.8, 4) is 0 Å². The van der Waals surface area contributed by atoms with E-state index in [2.05, 4.69) is 17.3 Å². The van der Waals surface area contributed by atoms with Crippen molar-refractivity contribution in [3.05, 3.63) is 34.1 Å². The Morgan fingerprint density at radius 1 is 1.50 bits per heavy atom. The predicted octanol–water partition coefficient (Wildman–Crippen LogP) is 3.99. The van der Waals surface area contributed by atoms with E-state index in [0.29, 0.717) is 6.42 Å². The zero-order valence-corrected chi connectivity index (χ0v) is 7.97. The van der Waals surface area contributed by atoms with E-state index in [9.17, 15) is 4.39 Å². The average molecular weight is 198 g/mol. The molecular weight excluding hydrogens is 191 g/mol. The van der Waals surface area contributed by atoms with E-state index in [1.807, 2.05) is 6.07 Å². The minimum Gasteiger partial charge on any atom is -0.212 e. The van der Waals surface area contributed by atoms with Crippen LogP contribution >= 0.6 is 22.7 Å². The summed E-state index contributed by atoms with van der Waals surface area (Å²) in [7, 11) is 0. The quantitative estimate of drug-likeness (QED) is 0.684. The highest BCUT2D eigenvalue weighted by Crippen LogP contribution is 2.29. The van der Waals surface area contributed by atoms with E-state index in [0.717, 1.165) is 4.88 Å². The van der Waals surface area contributed by atoms with Crippen LogP contribution in [0.1, 0.15) is 4.88 Å². The van der Waals surface area contributed by atoms with Gasteiger partial charge in [-0.1, -0.05) is 6.58 Å². The van der Waals surface area contributed by atoms with Crippen LogP contribution in [0.3, 0.4) is 0 Å². The molecule has 62 valence electrons. The summed E-state index contributed by atoms with van der Waals surface area (Å²) in [5.74, 6) is -0.262. The lowest BCUT2D eigenvalue weighted by Crippen LogP contribution is -1.75. The molecule has 0 saturated heterocycles. The molecule has 12 heavy (non-hydrogen) atoms. The van der Waals surface area contributed by atoms with E-state index in [-0.39, 0.29) is 5.83 Å². The maximum Gasteiger partial charge on any atom is 0.0980 e. The molecule has 0 N–H and O–H groups in total. The Morgan fingerprint density at radius 3 is 3.00 bits per heavy atom. The lowest BCUT2D eigenvalue weighted by Gasteiger charge is -1.88. The van der Waals surface area contributed by atoms with Crippen molar-refractivity contribution in [3.63, 3.8) is 0 Å². The third kappa shape index (κ3) is 1.42. The van der Waals surface area contributed by atoms with Crippen molar-refractivity contribution in [2.24, 2.45) is 0 Å². The molecule has 0 bridgehead atoms. The Morgan fingerprint density at radius 2 is 2.33 bits per heavy atom. The number of fused-ring (bicyclic) bond motifs is 1. The molecule has 2 rings (SSSR count). The molecule has 2 aromatic rings. The van der Waals surface area contributed by atoms with E-state index < -0.39 is 0 Å². The van der Waals surface area contributed by atoms with Crippen LogP contribution in [0.2, 0.25) is 0 Å². The highest BCUT2D eigenvalue weighted by atomic mass is 32.1. The van der Waals surface area contributed by atoms with Gasteiger partial charge in [-0.15, -0.1) is 11.3 Å². The lowest BCUT2D eigenvalue weighted by molar-refractivity contribution is 0.619. The van der Waals surface area contributed by atoms with Crippen LogP contribution in [0.4, 0.5) is 4.39 Å². The monoisotopic (exact) mass is 198 g/mol. The van der Waals surface area contributed by atoms with Gasteiger partial charge in [0.05, 0.1) is 5.83 Å². The van der Waals surface area contributed by atoms with Crippen molar-refractivity contribution in [2.75, 3.05) is 0 Å². The molecular formula is C9H7FS2. The molecule has 0 unspecified atom stereocenters. The maximum absolute atomic E-state index is 12.4. The van der Waals surface area contributed by atoms with Gasteiger partial charge in [0.2, 0.25) is 0 Å². The second-order valence-corrected chi connectivity index (χ2v) is 4.51. The summed E-state index contributed by atoms with van der Waals surface area (Å²) in [6.45, 7) is 3.25. The number of hydrogen-bond donors (Lipinski definition) is 0. The molecule has 2 aromatic heterocycles. The first-order valence-corrected chi connectivity index (χ1v) is 5.29. The van der Waals surface area contributed by atoms with Crippen LogP contribution in [-0.2, 0) is 6.42 Å². The molecule has 0 atom stereocenters. The lowest BCUT2D eigenvalue weighted by atomic mass is 10.3. The molecule has 0 aliphatic heterocycles. The fourth-order valence-electron chi connectivity index (χ4n) is 1.10. The van der Waals surface area contributed by atoms with Crippen LogP contribution in [0, 0.1) is 0 Å². The fourth-order valence-corrected chi connectivity index (χ4v) is 3.14. The third-order valence-corrected chi connectivity index (χ3v) is 3.59. The first kappa shape index (κ1) is 7.95. The summed E-state index contributed by atoms with van der Waals surface area (Å²) in [6, 6.07) is 2.03. The molecule has 0 aliphatic carbocycles. The Labute approximate surface area is 78.0 Å². The standard InChI is InChI=1S/C9H7FS2/c1-6(10)2-8-3-7-4-11-5-9(7)12-8/h3-5H,1-2H2. The van der Waals surface area contributed by atoms with Crippen LogP contribution in [0.5, 0.6) is 0 Å². The maximum atomic E-state index is 12.4. The SMILES string of the molecule is C=C(F)Cc1cc2cscc2s1. The van der Waals surface area contributed by atoms with Crippen LogP contribution in [0.25, 0.3) is 10.1 Å². The predicted molar refractivity (Wildman–Crippen MR) is 53.7 cm³/mol. The van der Waals surface area contributed by atoms with Gasteiger partial charge in [0.15, 0.2) is 0 Å². The Hall–Kier alpha value is -0.670. The van der Waals surface area contributed by atoms with Gasteiger partial charge in [-0.05, 0) is 11.4 Å². The van der Waals surface area contributed by atoms with Gasteiger partial charge >= 0.3 is 0 Å². The molecule has 3 heteroatoms. The zero-order chi connectivity index (χ0) is 8.55. The smallest absolute Gasteiger partial charge is 0.0980 e. The van der Waals surface area contributed by atoms with Gasteiger partial charge in [-0.25, -0.2) is 4.39 Å². The van der Waals surface area contributed by atoms with E-state index in [1.54, 1.807) is 22.7 Å². The normalized spacial score (nSPS) is 10.8. The van der Waals surface area contributed by atoms with Gasteiger partial charge < -0.3 is 0 Å². The van der Waals surface area contributed by atoms with Crippen LogP contribution < -0.4 is 0 Å². The first-order chi connectivity index (χ1) is 5.75. The topological polar surface area (TPSA) is 0 Å². The Bertz CT molecular complexity index is 382. The second-order valence-electron chi connectivity index (χ2n) is 2.60. The van der Waals surface area contributed by atoms with Gasteiger partial charge in [0, 0.05) is 26.8 Å². The minimum atomic E-state index is -0.262. The summed E-state index contributed by atoms with van der Waals surface area (Å²) in [5, 5.41) is 5.39. The minimum absolute atomic E-state index is 0.262. The number of thiophene rings is 2. The highest BCUT2D eigenvalue weighted by Gasteiger charge is 2.03. The summed E-state index contributed by atoms with van der Waals surface area (Å²) >= 11 is 3.32. The Balaban J connectivity index is 2.38. The molecule has 0 radical (unpaired) electrons. The van der Waals surface area contributed by atoms with Gasteiger partial charge in [-0.2, -0.15) is 11.3 Å². The van der Waals surface area contributed by atoms with E-state index >= 15 is 0 Å². The highest BCUT2D eigenvalue weighted by molar-refractivity contribution is 7.22. The number of hydrogen-bond acceptors (Lipinski definition) is 2. The molecule has 0 amide bonds. The summed E-state index contributed by atoms with van der Waals surface area (Å²) in [5.41, 5.74) is 0. The fraction of sp³-hybridized carbons (Fsp3) is 0.111. The summed E-state index contributed by atoms with van der Waals surface area (Å²) < 4.78 is 13.7. The van der Waals surface area contributed by atoms with Gasteiger partial charge in [-0.3, -0.25) is 0 Å². The average Bonchev–Trinajstić information content (AvgIpc) is 2.43. The van der Waals surface area contributed by atoms with Gasteiger partial charge in [0.25, 0.3) is 0 Å². The largest absolute Gasteiger partial charge is 0.212 e. The van der Waals surface area contributed by atoms with Crippen molar-refractivity contribution in [1.82, 2.24) is 0 Å². The number of allylic oxidation sites excluding steroid dienone is 1. The van der Waals surface area contributed by atoms with Crippen molar-refractivity contribution in [1.29, 1.82) is 0 Å². The van der Waals surface area contributed by atoms with Crippen LogP contribution in [0.15, 0.2) is 29.2 Å². The third-order valence-electron chi connectivity index (χ3n) is 1.58. The van der Waals surface area contributed by atoms with E-state index in [1.165, 1.54) is 10.1 Å². The van der Waals surface area contributed by atoms with Crippen molar-refractivity contribution >= 4 is 32.8 Å². The number of halogens is 1. The van der Waals surface area contributed by atoms with E-state index in [4.69, 9.17) is 0 Å². The van der Waals surface area contributed by atoms with Crippen molar-refractivity contribution in [2.45, 2.75) is 6.42 Å². The van der Waals surface area contributed by atoms with Gasteiger partial charge in [0.1, 0.15) is 0 Å². The number of rotatable bonds is 2. The Kier molecular flexibility index (Phi) is 1.98. The molecule has 0 fully saturated rings. The molecule has 0 aromatic carbocycles. The molecule has 2 heterocycles. The molecule has 0 aliphatic rings. The van der Waals surface area contributed by atoms with Crippen molar-refractivity contribution < 1.29 is 4.39 Å².